The van der Waals surface area contributed by atoms with Gasteiger partial charge >= 0.3 is 0 Å². The molecule has 1 aliphatic carbocycles. The van der Waals surface area contributed by atoms with Crippen molar-refractivity contribution in [1.29, 1.82) is 0 Å². The molecule has 0 saturated carbocycles. The summed E-state index contributed by atoms with van der Waals surface area (Å²) in [7, 11) is 0. The zero-order chi connectivity index (χ0) is 18.0. The number of thioether (sulfide) groups is 1. The van der Waals surface area contributed by atoms with Gasteiger partial charge in [0.25, 0.3) is 5.91 Å². The van der Waals surface area contributed by atoms with Crippen LogP contribution in [0.1, 0.15) is 53.7 Å². The molecule has 1 unspecified atom stereocenters. The molecule has 1 amide bonds. The number of carbonyl (C=O) groups is 1. The molecular weight excluding hydrogens is 348 g/mol. The van der Waals surface area contributed by atoms with Crippen molar-refractivity contribution >= 4 is 34.1 Å². The van der Waals surface area contributed by atoms with E-state index in [-0.39, 0.29) is 5.91 Å². The van der Waals surface area contributed by atoms with Gasteiger partial charge in [0, 0.05) is 16.2 Å². The maximum atomic E-state index is 12.5. The number of fused-ring (bicyclic) bond motifs is 1. The van der Waals surface area contributed by atoms with Crippen LogP contribution < -0.4 is 5.32 Å². The number of amides is 1. The Kier molecular flexibility index (Phi) is 5.54. The molecule has 134 valence electrons. The van der Waals surface area contributed by atoms with Gasteiger partial charge in [-0.2, -0.15) is 11.8 Å². The molecule has 1 aromatic heterocycles. The average Bonchev–Trinajstić information content (AvgIpc) is 2.96. The zero-order valence-electron chi connectivity index (χ0n) is 15.4. The standard InChI is InChI=1S/C20H26N2OS2/c1-20(2,3)15-9-10-16-17(11-15)25-19(21-16)22-18(23)14-7-5-13(6-8-14)12-24-4/h5-8,15H,9-12H2,1-4H3,(H,21,22,23). The van der Waals surface area contributed by atoms with E-state index in [1.807, 2.05) is 24.3 Å². The molecule has 0 saturated heterocycles. The Hall–Kier alpha value is -1.33. The molecule has 3 nitrogen and oxygen atoms in total. The lowest BCUT2D eigenvalue weighted by atomic mass is 9.73. The number of aryl methyl sites for hydroxylation is 1. The van der Waals surface area contributed by atoms with Crippen molar-refractivity contribution in [2.24, 2.45) is 11.3 Å². The molecule has 5 heteroatoms. The molecule has 2 aromatic rings. The molecule has 1 atom stereocenters. The van der Waals surface area contributed by atoms with E-state index in [0.717, 1.165) is 23.7 Å². The number of nitrogens with one attached hydrogen (secondary N) is 1. The molecular formula is C20H26N2OS2. The first-order chi connectivity index (χ1) is 11.9. The predicted octanol–water partition coefficient (Wildman–Crippen LogP) is 5.41. The van der Waals surface area contributed by atoms with Crippen LogP contribution in [0.5, 0.6) is 0 Å². The van der Waals surface area contributed by atoms with Crippen LogP contribution in [0.3, 0.4) is 0 Å². The summed E-state index contributed by atoms with van der Waals surface area (Å²) in [6, 6.07) is 7.83. The summed E-state index contributed by atoms with van der Waals surface area (Å²) in [5.74, 6) is 1.58. The monoisotopic (exact) mass is 374 g/mol. The van der Waals surface area contributed by atoms with Gasteiger partial charge in [-0.3, -0.25) is 10.1 Å². The van der Waals surface area contributed by atoms with E-state index in [1.54, 1.807) is 23.1 Å². The normalized spacial score (nSPS) is 17.2. The number of hydrogen-bond donors (Lipinski definition) is 1. The second kappa shape index (κ2) is 7.50. The van der Waals surface area contributed by atoms with Gasteiger partial charge in [-0.1, -0.05) is 32.9 Å². The third-order valence-corrected chi connectivity index (χ3v) is 6.57. The second-order valence-corrected chi connectivity index (χ2v) is 9.73. The Labute approximate surface area is 158 Å². The molecule has 0 aliphatic heterocycles. The smallest absolute Gasteiger partial charge is 0.257 e. The Morgan fingerprint density at radius 1 is 1.32 bits per heavy atom. The van der Waals surface area contributed by atoms with E-state index in [4.69, 9.17) is 0 Å². The highest BCUT2D eigenvalue weighted by atomic mass is 32.2. The minimum Gasteiger partial charge on any atom is -0.298 e. The van der Waals surface area contributed by atoms with Crippen molar-refractivity contribution in [3.05, 3.63) is 46.0 Å². The van der Waals surface area contributed by atoms with Crippen molar-refractivity contribution in [2.45, 2.75) is 45.8 Å². The Morgan fingerprint density at radius 3 is 2.68 bits per heavy atom. The summed E-state index contributed by atoms with van der Waals surface area (Å²) in [5.41, 5.74) is 3.42. The van der Waals surface area contributed by atoms with Gasteiger partial charge in [0.15, 0.2) is 5.13 Å². The Morgan fingerprint density at radius 2 is 2.04 bits per heavy atom. The Balaban J connectivity index is 1.68. The van der Waals surface area contributed by atoms with E-state index in [9.17, 15) is 4.79 Å². The SMILES string of the molecule is CSCc1ccc(C(=O)Nc2nc3c(s2)CC(C(C)(C)C)CC3)cc1. The van der Waals surface area contributed by atoms with Crippen LogP contribution in [-0.2, 0) is 18.6 Å². The number of aromatic nitrogens is 1. The van der Waals surface area contributed by atoms with Gasteiger partial charge in [0.1, 0.15) is 0 Å². The molecule has 1 aromatic carbocycles. The minimum absolute atomic E-state index is 0.0748. The number of carbonyl (C=O) groups excluding carboxylic acids is 1. The van der Waals surface area contributed by atoms with Crippen LogP contribution in [-0.4, -0.2) is 17.1 Å². The molecule has 0 bridgehead atoms. The van der Waals surface area contributed by atoms with Crippen molar-refractivity contribution < 1.29 is 4.79 Å². The molecule has 1 N–H and O–H groups in total. The van der Waals surface area contributed by atoms with Crippen LogP contribution in [0.15, 0.2) is 24.3 Å². The van der Waals surface area contributed by atoms with Crippen LogP contribution in [0, 0.1) is 11.3 Å². The highest BCUT2D eigenvalue weighted by Crippen LogP contribution is 2.40. The lowest BCUT2D eigenvalue weighted by Gasteiger charge is -2.33. The number of thiazole rings is 1. The molecule has 1 aliphatic rings. The van der Waals surface area contributed by atoms with Crippen molar-refractivity contribution in [3.8, 4) is 0 Å². The highest BCUT2D eigenvalue weighted by Gasteiger charge is 2.30. The average molecular weight is 375 g/mol. The van der Waals surface area contributed by atoms with Crippen LogP contribution in [0.2, 0.25) is 0 Å². The number of rotatable bonds is 4. The molecule has 0 fully saturated rings. The lowest BCUT2D eigenvalue weighted by Crippen LogP contribution is -2.26. The van der Waals surface area contributed by atoms with Gasteiger partial charge < -0.3 is 0 Å². The van der Waals surface area contributed by atoms with E-state index in [2.05, 4.69) is 37.3 Å². The maximum Gasteiger partial charge on any atom is 0.257 e. The zero-order valence-corrected chi connectivity index (χ0v) is 17.0. The molecule has 25 heavy (non-hydrogen) atoms. The van der Waals surface area contributed by atoms with Crippen molar-refractivity contribution in [2.75, 3.05) is 11.6 Å². The molecule has 1 heterocycles. The lowest BCUT2D eigenvalue weighted by molar-refractivity contribution is 0.102. The van der Waals surface area contributed by atoms with E-state index < -0.39 is 0 Å². The molecule has 0 spiro atoms. The third-order valence-electron chi connectivity index (χ3n) is 4.91. The van der Waals surface area contributed by atoms with Gasteiger partial charge in [0.05, 0.1) is 5.69 Å². The Bertz CT molecular complexity index is 744. The summed E-state index contributed by atoms with van der Waals surface area (Å²) in [6.45, 7) is 6.94. The van der Waals surface area contributed by atoms with Gasteiger partial charge in [0.2, 0.25) is 0 Å². The summed E-state index contributed by atoms with van der Waals surface area (Å²) in [4.78, 5) is 18.5. The van der Waals surface area contributed by atoms with Gasteiger partial charge in [-0.15, -0.1) is 11.3 Å². The largest absolute Gasteiger partial charge is 0.298 e. The quantitative estimate of drug-likeness (QED) is 0.778. The second-order valence-electron chi connectivity index (χ2n) is 7.78. The van der Waals surface area contributed by atoms with Crippen molar-refractivity contribution in [3.63, 3.8) is 0 Å². The fourth-order valence-corrected chi connectivity index (χ4v) is 4.86. The van der Waals surface area contributed by atoms with E-state index >= 15 is 0 Å². The maximum absolute atomic E-state index is 12.5. The van der Waals surface area contributed by atoms with E-state index in [1.165, 1.54) is 22.6 Å². The van der Waals surface area contributed by atoms with Gasteiger partial charge in [-0.25, -0.2) is 4.98 Å². The predicted molar refractivity (Wildman–Crippen MR) is 109 cm³/mol. The minimum atomic E-state index is -0.0748. The summed E-state index contributed by atoms with van der Waals surface area (Å²) in [6.07, 6.45) is 5.36. The van der Waals surface area contributed by atoms with E-state index in [0.29, 0.717) is 16.9 Å². The first-order valence-corrected chi connectivity index (χ1v) is 11.0. The number of benzene rings is 1. The fourth-order valence-electron chi connectivity index (χ4n) is 3.26. The van der Waals surface area contributed by atoms with Gasteiger partial charge in [-0.05, 0) is 54.5 Å². The number of hydrogen-bond acceptors (Lipinski definition) is 4. The van der Waals surface area contributed by atoms with Crippen LogP contribution >= 0.6 is 23.1 Å². The fraction of sp³-hybridized carbons (Fsp3) is 0.500. The first kappa shape index (κ1) is 18.5. The summed E-state index contributed by atoms with van der Waals surface area (Å²) >= 11 is 3.42. The summed E-state index contributed by atoms with van der Waals surface area (Å²) < 4.78 is 0. The third kappa shape index (κ3) is 4.45. The van der Waals surface area contributed by atoms with Crippen LogP contribution in [0.4, 0.5) is 5.13 Å². The highest BCUT2D eigenvalue weighted by molar-refractivity contribution is 7.97. The molecule has 0 radical (unpaired) electrons. The van der Waals surface area contributed by atoms with Crippen LogP contribution in [0.25, 0.3) is 0 Å². The number of nitrogens with zero attached hydrogens (tertiary/aromatic N) is 1. The topological polar surface area (TPSA) is 42.0 Å². The van der Waals surface area contributed by atoms with Crippen molar-refractivity contribution in [1.82, 2.24) is 4.98 Å². The molecule has 3 rings (SSSR count). The summed E-state index contributed by atoms with van der Waals surface area (Å²) in [5, 5.41) is 3.72. The number of anilines is 1. The first-order valence-electron chi connectivity index (χ1n) is 8.74.